The van der Waals surface area contributed by atoms with Gasteiger partial charge in [0.2, 0.25) is 0 Å². The zero-order valence-electron chi connectivity index (χ0n) is 15.6. The van der Waals surface area contributed by atoms with Crippen LogP contribution in [0.4, 0.5) is 5.82 Å². The Balaban J connectivity index is 1.60. The Kier molecular flexibility index (Phi) is 5.71. The quantitative estimate of drug-likeness (QED) is 0.693. The second-order valence-corrected chi connectivity index (χ2v) is 6.19. The molecule has 7 heteroatoms. The number of nitrogens with zero attached hydrogens (tertiary/aromatic N) is 3. The van der Waals surface area contributed by atoms with E-state index >= 15 is 0 Å². The molecule has 140 valence electrons. The summed E-state index contributed by atoms with van der Waals surface area (Å²) in [7, 11) is 5.33. The van der Waals surface area contributed by atoms with Crippen molar-refractivity contribution in [2.45, 2.75) is 6.42 Å². The Hall–Kier alpha value is -3.35. The maximum absolute atomic E-state index is 12.4. The van der Waals surface area contributed by atoms with E-state index in [0.717, 1.165) is 17.0 Å². The summed E-state index contributed by atoms with van der Waals surface area (Å²) in [6, 6.07) is 13.0. The van der Waals surface area contributed by atoms with Crippen molar-refractivity contribution in [2.75, 3.05) is 32.6 Å². The van der Waals surface area contributed by atoms with E-state index in [1.807, 2.05) is 49.3 Å². The summed E-state index contributed by atoms with van der Waals surface area (Å²) in [6.45, 7) is 0.449. The lowest BCUT2D eigenvalue weighted by atomic mass is 10.1. The second kappa shape index (κ2) is 8.35. The number of nitrogens with one attached hydrogen (secondary N) is 1. The lowest BCUT2D eigenvalue weighted by molar-refractivity contribution is 0.0954. The van der Waals surface area contributed by atoms with Crippen molar-refractivity contribution in [3.63, 3.8) is 0 Å². The van der Waals surface area contributed by atoms with Crippen LogP contribution in [0.25, 0.3) is 11.3 Å². The van der Waals surface area contributed by atoms with Gasteiger partial charge in [0.05, 0.1) is 18.4 Å². The van der Waals surface area contributed by atoms with Crippen molar-refractivity contribution in [2.24, 2.45) is 0 Å². The molecule has 0 aliphatic carbocycles. The summed E-state index contributed by atoms with van der Waals surface area (Å²) in [4.78, 5) is 18.5. The van der Waals surface area contributed by atoms with E-state index in [9.17, 15) is 4.79 Å². The molecule has 0 saturated carbocycles. The first-order chi connectivity index (χ1) is 13.1. The fourth-order valence-corrected chi connectivity index (χ4v) is 2.67. The molecule has 0 fully saturated rings. The van der Waals surface area contributed by atoms with Crippen LogP contribution < -0.4 is 15.0 Å². The van der Waals surface area contributed by atoms with Crippen LogP contribution in [0.1, 0.15) is 16.1 Å². The van der Waals surface area contributed by atoms with E-state index in [4.69, 9.17) is 9.26 Å². The highest BCUT2D eigenvalue weighted by atomic mass is 16.5. The first-order valence-electron chi connectivity index (χ1n) is 8.59. The topological polar surface area (TPSA) is 80.5 Å². The summed E-state index contributed by atoms with van der Waals surface area (Å²) < 4.78 is 10.6. The number of ether oxygens (including phenoxy) is 1. The molecular weight excluding hydrogens is 344 g/mol. The SMILES string of the molecule is COc1cccc(-c2cc(CCNC(=O)c3cccnc3N(C)C)no2)c1. The largest absolute Gasteiger partial charge is 0.497 e. The minimum absolute atomic E-state index is 0.164. The number of rotatable bonds is 7. The van der Waals surface area contributed by atoms with Gasteiger partial charge in [0.15, 0.2) is 5.76 Å². The van der Waals surface area contributed by atoms with Crippen LogP contribution >= 0.6 is 0 Å². The van der Waals surface area contributed by atoms with E-state index in [2.05, 4.69) is 15.5 Å². The number of hydrogen-bond donors (Lipinski definition) is 1. The van der Waals surface area contributed by atoms with Crippen molar-refractivity contribution in [1.29, 1.82) is 0 Å². The summed E-state index contributed by atoms with van der Waals surface area (Å²) >= 11 is 0. The molecule has 3 aromatic rings. The van der Waals surface area contributed by atoms with Crippen molar-refractivity contribution in [3.8, 4) is 17.1 Å². The Labute approximate surface area is 158 Å². The Morgan fingerprint density at radius 2 is 2.07 bits per heavy atom. The van der Waals surface area contributed by atoms with Gasteiger partial charge in [-0.2, -0.15) is 0 Å². The molecule has 2 heterocycles. The molecule has 0 aliphatic rings. The van der Waals surface area contributed by atoms with E-state index in [1.54, 1.807) is 25.4 Å². The molecule has 0 spiro atoms. The zero-order chi connectivity index (χ0) is 19.2. The minimum atomic E-state index is -0.164. The first-order valence-corrected chi connectivity index (χ1v) is 8.59. The Bertz CT molecular complexity index is 921. The molecule has 2 aromatic heterocycles. The van der Waals surface area contributed by atoms with Crippen LogP contribution in [0.3, 0.4) is 0 Å². The van der Waals surface area contributed by atoms with Crippen LogP contribution in [-0.4, -0.2) is 43.8 Å². The van der Waals surface area contributed by atoms with Gasteiger partial charge in [-0.25, -0.2) is 4.98 Å². The highest BCUT2D eigenvalue weighted by molar-refractivity contribution is 5.98. The average molecular weight is 366 g/mol. The fraction of sp³-hybridized carbons (Fsp3) is 0.250. The number of anilines is 1. The smallest absolute Gasteiger partial charge is 0.255 e. The van der Waals surface area contributed by atoms with E-state index in [1.165, 1.54) is 0 Å². The number of aromatic nitrogens is 2. The Morgan fingerprint density at radius 3 is 2.85 bits per heavy atom. The van der Waals surface area contributed by atoms with Gasteiger partial charge >= 0.3 is 0 Å². The van der Waals surface area contributed by atoms with Crippen LogP contribution in [0.15, 0.2) is 53.2 Å². The predicted molar refractivity (Wildman–Crippen MR) is 103 cm³/mol. The Morgan fingerprint density at radius 1 is 1.22 bits per heavy atom. The predicted octanol–water partition coefficient (Wildman–Crippen LogP) is 2.78. The second-order valence-electron chi connectivity index (χ2n) is 6.19. The normalized spacial score (nSPS) is 10.5. The third kappa shape index (κ3) is 4.44. The van der Waals surface area contributed by atoms with E-state index < -0.39 is 0 Å². The monoisotopic (exact) mass is 366 g/mol. The lowest BCUT2D eigenvalue weighted by Crippen LogP contribution is -2.28. The highest BCUT2D eigenvalue weighted by Crippen LogP contribution is 2.24. The van der Waals surface area contributed by atoms with Crippen molar-refractivity contribution < 1.29 is 14.1 Å². The van der Waals surface area contributed by atoms with Gasteiger partial charge in [-0.3, -0.25) is 4.79 Å². The number of benzene rings is 1. The molecule has 1 aromatic carbocycles. The van der Waals surface area contributed by atoms with Gasteiger partial charge in [-0.1, -0.05) is 17.3 Å². The molecular formula is C20H22N4O3. The van der Waals surface area contributed by atoms with Gasteiger partial charge in [-0.05, 0) is 24.3 Å². The molecule has 0 saturated heterocycles. The lowest BCUT2D eigenvalue weighted by Gasteiger charge is -2.15. The highest BCUT2D eigenvalue weighted by Gasteiger charge is 2.14. The van der Waals surface area contributed by atoms with Crippen LogP contribution in [0, 0.1) is 0 Å². The minimum Gasteiger partial charge on any atom is -0.497 e. The number of hydrogen-bond acceptors (Lipinski definition) is 6. The molecule has 1 N–H and O–H groups in total. The first kappa shape index (κ1) is 18.4. The van der Waals surface area contributed by atoms with Crippen LogP contribution in [-0.2, 0) is 6.42 Å². The molecule has 0 aliphatic heterocycles. The molecule has 7 nitrogen and oxygen atoms in total. The van der Waals surface area contributed by atoms with Gasteiger partial charge in [0.25, 0.3) is 5.91 Å². The number of methoxy groups -OCH3 is 1. The maximum atomic E-state index is 12.4. The zero-order valence-corrected chi connectivity index (χ0v) is 15.6. The van der Waals surface area contributed by atoms with Gasteiger partial charge in [-0.15, -0.1) is 0 Å². The standard InChI is InChI=1S/C20H22N4O3/c1-24(2)19-17(8-5-10-21-19)20(25)22-11-9-15-13-18(27-23-15)14-6-4-7-16(12-14)26-3/h4-8,10,12-13H,9,11H2,1-3H3,(H,22,25). The number of carbonyl (C=O) groups excluding carboxylic acids is 1. The van der Waals surface area contributed by atoms with Crippen molar-refractivity contribution >= 4 is 11.7 Å². The molecule has 1 amide bonds. The molecule has 0 unspecified atom stereocenters. The maximum Gasteiger partial charge on any atom is 0.255 e. The van der Waals surface area contributed by atoms with Crippen LogP contribution in [0.5, 0.6) is 5.75 Å². The average Bonchev–Trinajstić information content (AvgIpc) is 3.17. The summed E-state index contributed by atoms with van der Waals surface area (Å²) in [5.41, 5.74) is 2.20. The molecule has 0 bridgehead atoms. The summed E-state index contributed by atoms with van der Waals surface area (Å²) in [6.07, 6.45) is 2.23. The number of carbonyl (C=O) groups is 1. The molecule has 3 rings (SSSR count). The summed E-state index contributed by atoms with van der Waals surface area (Å²) in [5, 5.41) is 6.98. The van der Waals surface area contributed by atoms with Gasteiger partial charge in [0.1, 0.15) is 11.6 Å². The molecule has 0 radical (unpaired) electrons. The number of amides is 1. The van der Waals surface area contributed by atoms with E-state index in [-0.39, 0.29) is 5.91 Å². The fourth-order valence-electron chi connectivity index (χ4n) is 2.67. The van der Waals surface area contributed by atoms with Crippen molar-refractivity contribution in [3.05, 3.63) is 59.9 Å². The summed E-state index contributed by atoms with van der Waals surface area (Å²) in [5.74, 6) is 1.89. The third-order valence-corrected chi connectivity index (χ3v) is 4.03. The molecule has 27 heavy (non-hydrogen) atoms. The van der Waals surface area contributed by atoms with Crippen LogP contribution in [0.2, 0.25) is 0 Å². The van der Waals surface area contributed by atoms with E-state index in [0.29, 0.717) is 30.1 Å². The van der Waals surface area contributed by atoms with Gasteiger partial charge in [0, 0.05) is 44.9 Å². The third-order valence-electron chi connectivity index (χ3n) is 4.03. The number of pyridine rings is 1. The van der Waals surface area contributed by atoms with Crippen molar-refractivity contribution in [1.82, 2.24) is 15.5 Å². The van der Waals surface area contributed by atoms with Gasteiger partial charge < -0.3 is 19.5 Å². The molecule has 0 atom stereocenters.